The van der Waals surface area contributed by atoms with Crippen molar-refractivity contribution in [3.05, 3.63) is 22.2 Å². The number of rotatable bonds is 1. The molecule has 1 aromatic carbocycles. The van der Waals surface area contributed by atoms with Gasteiger partial charge >= 0.3 is 0 Å². The molecule has 0 unspecified atom stereocenters. The third-order valence-electron chi connectivity index (χ3n) is 2.38. The Morgan fingerprint density at radius 3 is 2.33 bits per heavy atom. The fraction of sp³-hybridized carbons (Fsp3) is 0.300. The molecule has 0 aliphatic carbocycles. The average molecular weight is 245 g/mol. The number of halogens is 2. The summed E-state index contributed by atoms with van der Waals surface area (Å²) in [5, 5.41) is 0.852. The van der Waals surface area contributed by atoms with E-state index in [0.717, 1.165) is 6.42 Å². The number of hydrogen-bond donors (Lipinski definition) is 1. The number of carbonyl (C=O) groups excluding carboxylic acids is 1. The summed E-state index contributed by atoms with van der Waals surface area (Å²) in [5.41, 5.74) is 6.67. The molecule has 0 bridgehead atoms. The number of nitrogens with two attached hydrogens (primary N) is 1. The molecule has 15 heavy (non-hydrogen) atoms. The first-order valence-corrected chi connectivity index (χ1v) is 5.40. The predicted octanol–water partition coefficient (Wildman–Crippen LogP) is 2.70. The van der Waals surface area contributed by atoms with Crippen LogP contribution in [0.1, 0.15) is 12.8 Å². The lowest BCUT2D eigenvalue weighted by Crippen LogP contribution is -2.24. The van der Waals surface area contributed by atoms with E-state index in [-0.39, 0.29) is 5.91 Å². The van der Waals surface area contributed by atoms with Crippen LogP contribution in [-0.2, 0) is 4.79 Å². The molecule has 1 aromatic rings. The molecule has 0 radical (unpaired) electrons. The molecule has 1 aliphatic rings. The summed E-state index contributed by atoms with van der Waals surface area (Å²) < 4.78 is 0. The lowest BCUT2D eigenvalue weighted by atomic mass is 10.2. The first-order chi connectivity index (χ1) is 7.09. The summed E-state index contributed by atoms with van der Waals surface area (Å²) in [6, 6.07) is 3.21. The van der Waals surface area contributed by atoms with E-state index < -0.39 is 0 Å². The van der Waals surface area contributed by atoms with Crippen molar-refractivity contribution in [1.29, 1.82) is 0 Å². The molecule has 1 aliphatic heterocycles. The molecule has 0 aromatic heterocycles. The standard InChI is InChI=1S/C10H10Cl2N2O/c11-7-4-6(13)5-8(12)10(7)14-3-1-2-9(14)15/h4-5H,1-3,13H2. The van der Waals surface area contributed by atoms with Crippen molar-refractivity contribution in [2.24, 2.45) is 0 Å². The summed E-state index contributed by atoms with van der Waals surface area (Å²) in [5.74, 6) is 0.0589. The van der Waals surface area contributed by atoms with Crippen LogP contribution in [0.25, 0.3) is 0 Å². The number of nitrogens with zero attached hydrogens (tertiary/aromatic N) is 1. The first kappa shape index (κ1) is 10.6. The highest BCUT2D eigenvalue weighted by Gasteiger charge is 2.25. The van der Waals surface area contributed by atoms with Crippen LogP contribution in [0.4, 0.5) is 11.4 Å². The summed E-state index contributed by atoms with van der Waals surface area (Å²) in [4.78, 5) is 13.2. The molecular weight excluding hydrogens is 235 g/mol. The second kappa shape index (κ2) is 3.91. The molecule has 0 atom stereocenters. The molecule has 1 fully saturated rings. The highest BCUT2D eigenvalue weighted by atomic mass is 35.5. The Kier molecular flexibility index (Phi) is 2.76. The molecule has 80 valence electrons. The first-order valence-electron chi connectivity index (χ1n) is 4.64. The minimum atomic E-state index is 0.0589. The van der Waals surface area contributed by atoms with Crippen LogP contribution in [-0.4, -0.2) is 12.5 Å². The number of nitrogen functional groups attached to an aromatic ring is 1. The van der Waals surface area contributed by atoms with E-state index in [1.165, 1.54) is 0 Å². The lowest BCUT2D eigenvalue weighted by Gasteiger charge is -2.19. The Labute approximate surface area is 97.8 Å². The quantitative estimate of drug-likeness (QED) is 0.773. The smallest absolute Gasteiger partial charge is 0.227 e. The second-order valence-corrected chi connectivity index (χ2v) is 4.30. The number of anilines is 2. The molecule has 0 spiro atoms. The zero-order valence-corrected chi connectivity index (χ0v) is 9.48. The van der Waals surface area contributed by atoms with Crippen LogP contribution in [0, 0.1) is 0 Å². The zero-order valence-electron chi connectivity index (χ0n) is 7.96. The zero-order chi connectivity index (χ0) is 11.0. The molecule has 1 amide bonds. The molecule has 2 rings (SSSR count). The molecule has 5 heteroatoms. The molecular formula is C10H10Cl2N2O. The Morgan fingerprint density at radius 2 is 1.87 bits per heavy atom. The molecule has 3 nitrogen and oxygen atoms in total. The maximum absolute atomic E-state index is 11.5. The van der Waals surface area contributed by atoms with Gasteiger partial charge in [0.2, 0.25) is 5.91 Å². The molecule has 0 saturated carbocycles. The van der Waals surface area contributed by atoms with E-state index in [1.807, 2.05) is 0 Å². The van der Waals surface area contributed by atoms with Gasteiger partial charge in [-0.2, -0.15) is 0 Å². The van der Waals surface area contributed by atoms with Gasteiger partial charge in [-0.1, -0.05) is 23.2 Å². The van der Waals surface area contributed by atoms with E-state index in [0.29, 0.717) is 34.4 Å². The van der Waals surface area contributed by atoms with Crippen molar-refractivity contribution in [2.75, 3.05) is 17.2 Å². The van der Waals surface area contributed by atoms with Crippen LogP contribution in [0.15, 0.2) is 12.1 Å². The van der Waals surface area contributed by atoms with Gasteiger partial charge in [-0.25, -0.2) is 0 Å². The Bertz CT molecular complexity index is 397. The third-order valence-corrected chi connectivity index (χ3v) is 2.96. The van der Waals surface area contributed by atoms with Crippen molar-refractivity contribution in [2.45, 2.75) is 12.8 Å². The number of amides is 1. The summed E-state index contributed by atoms with van der Waals surface area (Å²) >= 11 is 12.0. The SMILES string of the molecule is Nc1cc(Cl)c(N2CCCC2=O)c(Cl)c1. The fourth-order valence-electron chi connectivity index (χ4n) is 1.73. The second-order valence-electron chi connectivity index (χ2n) is 3.48. The summed E-state index contributed by atoms with van der Waals surface area (Å²) in [7, 11) is 0. The topological polar surface area (TPSA) is 46.3 Å². The van der Waals surface area contributed by atoms with Crippen molar-refractivity contribution >= 4 is 40.5 Å². The van der Waals surface area contributed by atoms with Gasteiger partial charge < -0.3 is 10.6 Å². The van der Waals surface area contributed by atoms with E-state index in [4.69, 9.17) is 28.9 Å². The third kappa shape index (κ3) is 1.90. The Morgan fingerprint density at radius 1 is 1.27 bits per heavy atom. The van der Waals surface area contributed by atoms with Gasteiger partial charge in [0.15, 0.2) is 0 Å². The van der Waals surface area contributed by atoms with E-state index >= 15 is 0 Å². The average Bonchev–Trinajstić information content (AvgIpc) is 2.50. The number of hydrogen-bond acceptors (Lipinski definition) is 2. The van der Waals surface area contributed by atoms with Crippen LogP contribution < -0.4 is 10.6 Å². The van der Waals surface area contributed by atoms with Crippen molar-refractivity contribution < 1.29 is 4.79 Å². The van der Waals surface area contributed by atoms with Crippen LogP contribution >= 0.6 is 23.2 Å². The fourth-order valence-corrected chi connectivity index (χ4v) is 2.44. The van der Waals surface area contributed by atoms with Crippen molar-refractivity contribution in [1.82, 2.24) is 0 Å². The Balaban J connectivity index is 2.47. The number of carbonyl (C=O) groups is 1. The van der Waals surface area contributed by atoms with Crippen LogP contribution in [0.5, 0.6) is 0 Å². The highest BCUT2D eigenvalue weighted by Crippen LogP contribution is 2.37. The minimum Gasteiger partial charge on any atom is -0.399 e. The van der Waals surface area contributed by atoms with Crippen molar-refractivity contribution in [3.63, 3.8) is 0 Å². The van der Waals surface area contributed by atoms with Gasteiger partial charge in [-0.3, -0.25) is 4.79 Å². The maximum Gasteiger partial charge on any atom is 0.227 e. The van der Waals surface area contributed by atoms with Gasteiger partial charge in [-0.05, 0) is 18.6 Å². The van der Waals surface area contributed by atoms with Crippen LogP contribution in [0.2, 0.25) is 10.0 Å². The van der Waals surface area contributed by atoms with Gasteiger partial charge in [0.1, 0.15) is 0 Å². The Hall–Kier alpha value is -0.930. The van der Waals surface area contributed by atoms with Gasteiger partial charge in [-0.15, -0.1) is 0 Å². The summed E-state index contributed by atoms with van der Waals surface area (Å²) in [6.45, 7) is 0.669. The van der Waals surface area contributed by atoms with Gasteiger partial charge in [0.25, 0.3) is 0 Å². The van der Waals surface area contributed by atoms with E-state index in [1.54, 1.807) is 17.0 Å². The largest absolute Gasteiger partial charge is 0.399 e. The van der Waals surface area contributed by atoms with Crippen molar-refractivity contribution in [3.8, 4) is 0 Å². The normalized spacial score (nSPS) is 16.1. The molecule has 2 N–H and O–H groups in total. The van der Waals surface area contributed by atoms with E-state index in [2.05, 4.69) is 0 Å². The van der Waals surface area contributed by atoms with Gasteiger partial charge in [0, 0.05) is 18.7 Å². The monoisotopic (exact) mass is 244 g/mol. The van der Waals surface area contributed by atoms with Crippen LogP contribution in [0.3, 0.4) is 0 Å². The predicted molar refractivity (Wildman–Crippen MR) is 62.5 cm³/mol. The minimum absolute atomic E-state index is 0.0589. The maximum atomic E-state index is 11.5. The highest BCUT2D eigenvalue weighted by molar-refractivity contribution is 6.40. The summed E-state index contributed by atoms with van der Waals surface area (Å²) in [6.07, 6.45) is 1.40. The number of benzene rings is 1. The lowest BCUT2D eigenvalue weighted by molar-refractivity contribution is -0.117. The van der Waals surface area contributed by atoms with E-state index in [9.17, 15) is 4.79 Å². The van der Waals surface area contributed by atoms with Gasteiger partial charge in [0.05, 0.1) is 15.7 Å². The molecule has 1 saturated heterocycles. The molecule has 1 heterocycles.